The first-order valence-electron chi connectivity index (χ1n) is 6.08. The van der Waals surface area contributed by atoms with E-state index in [0.29, 0.717) is 13.0 Å². The standard InChI is InChI=1S/C14H19NO2/c1-15-9-5-8-14(11-15,13(16)17)10-12-6-3-2-4-7-12/h2-4,6-7H,5,8-11H2,1H3,(H,16,17). The van der Waals surface area contributed by atoms with E-state index >= 15 is 0 Å². The molecule has 1 saturated heterocycles. The number of hydrogen-bond acceptors (Lipinski definition) is 2. The van der Waals surface area contributed by atoms with Gasteiger partial charge in [-0.1, -0.05) is 30.3 Å². The minimum absolute atomic E-state index is 0.603. The van der Waals surface area contributed by atoms with Crippen LogP contribution in [0.15, 0.2) is 30.3 Å². The highest BCUT2D eigenvalue weighted by molar-refractivity contribution is 5.75. The van der Waals surface area contributed by atoms with Crippen LogP contribution in [0.5, 0.6) is 0 Å². The van der Waals surface area contributed by atoms with Gasteiger partial charge < -0.3 is 10.0 Å². The molecule has 0 aromatic heterocycles. The Kier molecular flexibility index (Phi) is 3.48. The molecule has 0 amide bonds. The van der Waals surface area contributed by atoms with Crippen LogP contribution in [0.2, 0.25) is 0 Å². The molecule has 1 aliphatic rings. The smallest absolute Gasteiger partial charge is 0.311 e. The molecular formula is C14H19NO2. The van der Waals surface area contributed by atoms with Gasteiger partial charge in [-0.15, -0.1) is 0 Å². The molecule has 92 valence electrons. The van der Waals surface area contributed by atoms with Crippen LogP contribution in [-0.4, -0.2) is 36.1 Å². The molecule has 0 saturated carbocycles. The van der Waals surface area contributed by atoms with Crippen LogP contribution < -0.4 is 0 Å². The molecule has 17 heavy (non-hydrogen) atoms. The Morgan fingerprint density at radius 3 is 2.71 bits per heavy atom. The average Bonchev–Trinajstić information content (AvgIpc) is 2.30. The monoisotopic (exact) mass is 233 g/mol. The first kappa shape index (κ1) is 12.1. The van der Waals surface area contributed by atoms with Gasteiger partial charge in [-0.2, -0.15) is 0 Å². The second-order valence-corrected chi connectivity index (χ2v) is 5.09. The van der Waals surface area contributed by atoms with E-state index < -0.39 is 11.4 Å². The average molecular weight is 233 g/mol. The number of nitrogens with zero attached hydrogens (tertiary/aromatic N) is 1. The highest BCUT2D eigenvalue weighted by atomic mass is 16.4. The summed E-state index contributed by atoms with van der Waals surface area (Å²) >= 11 is 0. The Hall–Kier alpha value is -1.35. The Morgan fingerprint density at radius 2 is 2.12 bits per heavy atom. The molecule has 3 nitrogen and oxygen atoms in total. The zero-order valence-corrected chi connectivity index (χ0v) is 10.2. The van der Waals surface area contributed by atoms with E-state index in [4.69, 9.17) is 0 Å². The summed E-state index contributed by atoms with van der Waals surface area (Å²) in [5.74, 6) is -0.659. The molecule has 1 atom stereocenters. The predicted molar refractivity (Wildman–Crippen MR) is 66.9 cm³/mol. The summed E-state index contributed by atoms with van der Waals surface area (Å²) in [6.45, 7) is 1.65. The maximum absolute atomic E-state index is 11.6. The molecule has 1 aliphatic heterocycles. The topological polar surface area (TPSA) is 40.5 Å². The molecular weight excluding hydrogens is 214 g/mol. The van der Waals surface area contributed by atoms with Crippen molar-refractivity contribution in [3.05, 3.63) is 35.9 Å². The van der Waals surface area contributed by atoms with Gasteiger partial charge in [-0.25, -0.2) is 0 Å². The van der Waals surface area contributed by atoms with Crippen LogP contribution in [0.1, 0.15) is 18.4 Å². The molecule has 3 heteroatoms. The van der Waals surface area contributed by atoms with Gasteiger partial charge in [0.25, 0.3) is 0 Å². The fraction of sp³-hybridized carbons (Fsp3) is 0.500. The third kappa shape index (κ3) is 2.67. The highest BCUT2D eigenvalue weighted by Crippen LogP contribution is 2.33. The molecule has 1 heterocycles. The summed E-state index contributed by atoms with van der Waals surface area (Å²) in [5, 5.41) is 9.54. The largest absolute Gasteiger partial charge is 0.481 e. The van der Waals surface area contributed by atoms with Gasteiger partial charge in [0.1, 0.15) is 0 Å². The predicted octanol–water partition coefficient (Wildman–Crippen LogP) is 2.03. The lowest BCUT2D eigenvalue weighted by Crippen LogP contribution is -2.47. The van der Waals surface area contributed by atoms with Crippen LogP contribution in [0, 0.1) is 5.41 Å². The highest BCUT2D eigenvalue weighted by Gasteiger charge is 2.41. The summed E-state index contributed by atoms with van der Waals surface area (Å²) in [6.07, 6.45) is 2.38. The number of hydrogen-bond donors (Lipinski definition) is 1. The SMILES string of the molecule is CN1CCCC(Cc2ccccc2)(C(=O)O)C1. The van der Waals surface area contributed by atoms with Gasteiger partial charge in [0, 0.05) is 6.54 Å². The van der Waals surface area contributed by atoms with Crippen molar-refractivity contribution in [3.63, 3.8) is 0 Å². The van der Waals surface area contributed by atoms with Crippen molar-refractivity contribution in [3.8, 4) is 0 Å². The van der Waals surface area contributed by atoms with Crippen molar-refractivity contribution >= 4 is 5.97 Å². The Morgan fingerprint density at radius 1 is 1.41 bits per heavy atom. The number of carbonyl (C=O) groups is 1. The molecule has 0 aliphatic carbocycles. The Labute approximate surface area is 102 Å². The Balaban J connectivity index is 2.20. The summed E-state index contributed by atoms with van der Waals surface area (Å²) < 4.78 is 0. The maximum Gasteiger partial charge on any atom is 0.311 e. The van der Waals surface area contributed by atoms with Gasteiger partial charge in [-0.05, 0) is 38.4 Å². The summed E-state index contributed by atoms with van der Waals surface area (Å²) in [7, 11) is 2.00. The number of carboxylic acids is 1. The van der Waals surface area contributed by atoms with Gasteiger partial charge in [0.05, 0.1) is 5.41 Å². The normalized spacial score (nSPS) is 25.7. The van der Waals surface area contributed by atoms with Gasteiger partial charge in [-0.3, -0.25) is 4.79 Å². The lowest BCUT2D eigenvalue weighted by atomic mass is 9.75. The first-order chi connectivity index (χ1) is 8.12. The van der Waals surface area contributed by atoms with E-state index in [0.717, 1.165) is 24.9 Å². The minimum Gasteiger partial charge on any atom is -0.481 e. The van der Waals surface area contributed by atoms with E-state index in [2.05, 4.69) is 4.90 Å². The van der Waals surface area contributed by atoms with E-state index in [1.165, 1.54) is 0 Å². The molecule has 1 fully saturated rings. The van der Waals surface area contributed by atoms with Crippen molar-refractivity contribution in [2.75, 3.05) is 20.1 Å². The van der Waals surface area contributed by atoms with Crippen LogP contribution in [-0.2, 0) is 11.2 Å². The van der Waals surface area contributed by atoms with Crippen molar-refractivity contribution in [2.24, 2.45) is 5.41 Å². The van der Waals surface area contributed by atoms with Gasteiger partial charge in [0.15, 0.2) is 0 Å². The van der Waals surface area contributed by atoms with Crippen molar-refractivity contribution in [2.45, 2.75) is 19.3 Å². The van der Waals surface area contributed by atoms with Gasteiger partial charge >= 0.3 is 5.97 Å². The molecule has 0 bridgehead atoms. The second kappa shape index (κ2) is 4.88. The molecule has 1 aromatic rings. The third-order valence-electron chi connectivity index (χ3n) is 3.61. The van der Waals surface area contributed by atoms with Crippen LogP contribution in [0.4, 0.5) is 0 Å². The Bertz CT molecular complexity index is 390. The molecule has 1 N–H and O–H groups in total. The van der Waals surface area contributed by atoms with Crippen LogP contribution in [0.3, 0.4) is 0 Å². The fourth-order valence-electron chi connectivity index (χ4n) is 2.74. The van der Waals surface area contributed by atoms with E-state index in [-0.39, 0.29) is 0 Å². The number of carboxylic acid groups (broad SMARTS) is 1. The number of aliphatic carboxylic acids is 1. The number of benzene rings is 1. The maximum atomic E-state index is 11.6. The first-order valence-corrected chi connectivity index (χ1v) is 6.08. The lowest BCUT2D eigenvalue weighted by molar-refractivity contribution is -0.152. The molecule has 2 rings (SSSR count). The molecule has 0 spiro atoms. The quantitative estimate of drug-likeness (QED) is 0.868. The summed E-state index contributed by atoms with van der Waals surface area (Å²) in [6, 6.07) is 9.93. The lowest BCUT2D eigenvalue weighted by Gasteiger charge is -2.38. The zero-order chi connectivity index (χ0) is 12.3. The molecule has 1 unspecified atom stereocenters. The van der Waals surface area contributed by atoms with E-state index in [9.17, 15) is 9.90 Å². The second-order valence-electron chi connectivity index (χ2n) is 5.09. The molecule has 0 radical (unpaired) electrons. The van der Waals surface area contributed by atoms with Crippen LogP contribution in [0.25, 0.3) is 0 Å². The summed E-state index contributed by atoms with van der Waals surface area (Å²) in [5.41, 5.74) is 0.513. The van der Waals surface area contributed by atoms with Crippen molar-refractivity contribution < 1.29 is 9.90 Å². The van der Waals surface area contributed by atoms with Crippen molar-refractivity contribution in [1.82, 2.24) is 4.90 Å². The van der Waals surface area contributed by atoms with E-state index in [1.54, 1.807) is 0 Å². The van der Waals surface area contributed by atoms with E-state index in [1.807, 2.05) is 37.4 Å². The van der Waals surface area contributed by atoms with Crippen LogP contribution >= 0.6 is 0 Å². The fourth-order valence-corrected chi connectivity index (χ4v) is 2.74. The number of likely N-dealkylation sites (tertiary alicyclic amines) is 1. The summed E-state index contributed by atoms with van der Waals surface area (Å²) in [4.78, 5) is 13.7. The number of rotatable bonds is 3. The minimum atomic E-state index is -0.659. The number of piperidine rings is 1. The van der Waals surface area contributed by atoms with Crippen molar-refractivity contribution in [1.29, 1.82) is 0 Å². The third-order valence-corrected chi connectivity index (χ3v) is 3.61. The molecule has 1 aromatic carbocycles. The van der Waals surface area contributed by atoms with Gasteiger partial charge in [0.2, 0.25) is 0 Å². The zero-order valence-electron chi connectivity index (χ0n) is 10.2.